The summed E-state index contributed by atoms with van der Waals surface area (Å²) in [6.07, 6.45) is 0. The van der Waals surface area contributed by atoms with Crippen LogP contribution in [0.1, 0.15) is 16.1 Å². The molecule has 2 aromatic rings. The van der Waals surface area contributed by atoms with E-state index in [1.807, 2.05) is 0 Å². The molecule has 0 aliphatic heterocycles. The third kappa shape index (κ3) is 2.24. The van der Waals surface area contributed by atoms with E-state index in [0.29, 0.717) is 16.6 Å². The summed E-state index contributed by atoms with van der Waals surface area (Å²) in [5, 5.41) is 11.5. The number of fused-ring (bicyclic) bond motifs is 1. The molecule has 0 aliphatic rings. The van der Waals surface area contributed by atoms with Crippen molar-refractivity contribution in [2.45, 2.75) is 6.92 Å². The number of para-hydroxylation sites is 1. The van der Waals surface area contributed by atoms with Crippen LogP contribution in [0.15, 0.2) is 24.3 Å². The molecule has 0 aliphatic carbocycles. The highest BCUT2D eigenvalue weighted by Crippen LogP contribution is 2.27. The number of carbonyl (C=O) groups excluding carboxylic acids is 1. The van der Waals surface area contributed by atoms with E-state index < -0.39 is 4.92 Å². The van der Waals surface area contributed by atoms with Gasteiger partial charge in [-0.15, -0.1) is 0 Å². The molecule has 0 fully saturated rings. The first-order valence-corrected chi connectivity index (χ1v) is 5.68. The van der Waals surface area contributed by atoms with Crippen molar-refractivity contribution >= 4 is 22.5 Å². The Labute approximate surface area is 109 Å². The molecule has 0 spiro atoms. The van der Waals surface area contributed by atoms with Gasteiger partial charge in [0.1, 0.15) is 5.52 Å². The number of rotatable bonds is 2. The fourth-order valence-corrected chi connectivity index (χ4v) is 1.93. The number of nitro groups is 1. The predicted octanol–water partition coefficient (Wildman–Crippen LogP) is 2.15. The van der Waals surface area contributed by atoms with Crippen molar-refractivity contribution in [2.75, 3.05) is 14.1 Å². The Morgan fingerprint density at radius 2 is 2.05 bits per heavy atom. The van der Waals surface area contributed by atoms with Crippen LogP contribution >= 0.6 is 0 Å². The number of benzene rings is 1. The molecule has 1 aromatic heterocycles. The number of aromatic nitrogens is 1. The van der Waals surface area contributed by atoms with Crippen molar-refractivity contribution in [1.29, 1.82) is 0 Å². The molecule has 98 valence electrons. The van der Waals surface area contributed by atoms with Gasteiger partial charge >= 0.3 is 0 Å². The smallest absolute Gasteiger partial charge is 0.295 e. The van der Waals surface area contributed by atoms with Crippen LogP contribution in [-0.4, -0.2) is 34.8 Å². The van der Waals surface area contributed by atoms with E-state index in [4.69, 9.17) is 0 Å². The topological polar surface area (TPSA) is 76.3 Å². The molecule has 1 heterocycles. The molecule has 1 aromatic carbocycles. The van der Waals surface area contributed by atoms with Crippen molar-refractivity contribution in [3.63, 3.8) is 0 Å². The highest BCUT2D eigenvalue weighted by molar-refractivity contribution is 6.07. The number of nitro benzene ring substituents is 1. The lowest BCUT2D eigenvalue weighted by atomic mass is 10.1. The van der Waals surface area contributed by atoms with Gasteiger partial charge in [0, 0.05) is 31.2 Å². The summed E-state index contributed by atoms with van der Waals surface area (Å²) in [5.41, 5.74) is 1.16. The fraction of sp³-hybridized carbons (Fsp3) is 0.231. The quantitative estimate of drug-likeness (QED) is 0.611. The van der Waals surface area contributed by atoms with Gasteiger partial charge < -0.3 is 4.90 Å². The summed E-state index contributed by atoms with van der Waals surface area (Å²) >= 11 is 0. The van der Waals surface area contributed by atoms with E-state index in [-0.39, 0.29) is 17.1 Å². The molecular weight excluding hydrogens is 246 g/mol. The van der Waals surface area contributed by atoms with Gasteiger partial charge in [0.2, 0.25) is 0 Å². The average Bonchev–Trinajstić information content (AvgIpc) is 2.35. The Balaban J connectivity index is 2.83. The SMILES string of the molecule is Cc1cc(C(=O)N(C)C)c2cccc([N+](=O)[O-])c2n1. The second-order valence-corrected chi connectivity index (χ2v) is 4.44. The largest absolute Gasteiger partial charge is 0.345 e. The second-order valence-electron chi connectivity index (χ2n) is 4.44. The van der Waals surface area contributed by atoms with E-state index in [1.165, 1.54) is 11.0 Å². The number of amides is 1. The maximum atomic E-state index is 12.1. The zero-order valence-corrected chi connectivity index (χ0v) is 10.9. The Bertz CT molecular complexity index is 680. The first-order valence-electron chi connectivity index (χ1n) is 5.68. The van der Waals surface area contributed by atoms with Crippen molar-refractivity contribution in [3.8, 4) is 0 Å². The van der Waals surface area contributed by atoms with E-state index in [0.717, 1.165) is 0 Å². The number of nitrogens with zero attached hydrogens (tertiary/aromatic N) is 3. The van der Waals surface area contributed by atoms with Crippen LogP contribution < -0.4 is 0 Å². The maximum Gasteiger partial charge on any atom is 0.295 e. The molecule has 0 saturated heterocycles. The average molecular weight is 259 g/mol. The van der Waals surface area contributed by atoms with Crippen molar-refractivity contribution < 1.29 is 9.72 Å². The molecule has 0 atom stereocenters. The van der Waals surface area contributed by atoms with Crippen molar-refractivity contribution in [3.05, 3.63) is 45.6 Å². The van der Waals surface area contributed by atoms with E-state index in [9.17, 15) is 14.9 Å². The van der Waals surface area contributed by atoms with Gasteiger partial charge in [0.25, 0.3) is 11.6 Å². The molecule has 0 saturated carbocycles. The highest BCUT2D eigenvalue weighted by Gasteiger charge is 2.19. The minimum Gasteiger partial charge on any atom is -0.345 e. The first kappa shape index (κ1) is 12.9. The van der Waals surface area contributed by atoms with Crippen LogP contribution in [0.2, 0.25) is 0 Å². The van der Waals surface area contributed by atoms with Gasteiger partial charge in [-0.2, -0.15) is 0 Å². The van der Waals surface area contributed by atoms with Gasteiger partial charge in [0.05, 0.1) is 10.5 Å². The summed E-state index contributed by atoms with van der Waals surface area (Å²) in [7, 11) is 3.28. The van der Waals surface area contributed by atoms with Crippen LogP contribution in [-0.2, 0) is 0 Å². The zero-order chi connectivity index (χ0) is 14.2. The van der Waals surface area contributed by atoms with Gasteiger partial charge in [-0.1, -0.05) is 12.1 Å². The van der Waals surface area contributed by atoms with Gasteiger partial charge in [-0.25, -0.2) is 4.98 Å². The Morgan fingerprint density at radius 3 is 2.63 bits per heavy atom. The Morgan fingerprint density at radius 1 is 1.37 bits per heavy atom. The fourth-order valence-electron chi connectivity index (χ4n) is 1.93. The molecule has 6 heteroatoms. The first-order chi connectivity index (χ1) is 8.91. The van der Waals surface area contributed by atoms with Gasteiger partial charge in [-0.3, -0.25) is 14.9 Å². The number of aryl methyl sites for hydroxylation is 1. The monoisotopic (exact) mass is 259 g/mol. The number of non-ortho nitro benzene ring substituents is 1. The Kier molecular flexibility index (Phi) is 3.16. The van der Waals surface area contributed by atoms with Gasteiger partial charge in [-0.05, 0) is 13.0 Å². The van der Waals surface area contributed by atoms with Crippen molar-refractivity contribution in [2.24, 2.45) is 0 Å². The third-order valence-corrected chi connectivity index (χ3v) is 2.78. The molecular formula is C13H13N3O3. The molecule has 0 bridgehead atoms. The van der Waals surface area contributed by atoms with Crippen LogP contribution in [0.3, 0.4) is 0 Å². The third-order valence-electron chi connectivity index (χ3n) is 2.78. The predicted molar refractivity (Wildman–Crippen MR) is 71.2 cm³/mol. The summed E-state index contributed by atoms with van der Waals surface area (Å²) in [5.74, 6) is -0.198. The van der Waals surface area contributed by atoms with E-state index in [2.05, 4.69) is 4.98 Å². The summed E-state index contributed by atoms with van der Waals surface area (Å²) in [4.78, 5) is 28.3. The van der Waals surface area contributed by atoms with E-state index in [1.54, 1.807) is 39.2 Å². The van der Waals surface area contributed by atoms with Crippen LogP contribution in [0, 0.1) is 17.0 Å². The molecule has 0 unspecified atom stereocenters. The van der Waals surface area contributed by atoms with Crippen LogP contribution in [0.5, 0.6) is 0 Å². The van der Waals surface area contributed by atoms with Crippen LogP contribution in [0.25, 0.3) is 10.9 Å². The van der Waals surface area contributed by atoms with Crippen LogP contribution in [0.4, 0.5) is 5.69 Å². The second kappa shape index (κ2) is 4.64. The molecule has 19 heavy (non-hydrogen) atoms. The highest BCUT2D eigenvalue weighted by atomic mass is 16.6. The lowest BCUT2D eigenvalue weighted by molar-refractivity contribution is -0.383. The molecule has 0 radical (unpaired) electrons. The maximum absolute atomic E-state index is 12.1. The number of pyridine rings is 1. The summed E-state index contributed by atoms with van der Waals surface area (Å²) in [6.45, 7) is 1.71. The lowest BCUT2D eigenvalue weighted by Gasteiger charge is -2.12. The molecule has 2 rings (SSSR count). The van der Waals surface area contributed by atoms with Crippen molar-refractivity contribution in [1.82, 2.24) is 9.88 Å². The number of hydrogen-bond acceptors (Lipinski definition) is 4. The molecule has 1 amide bonds. The molecule has 6 nitrogen and oxygen atoms in total. The van der Waals surface area contributed by atoms with E-state index >= 15 is 0 Å². The lowest BCUT2D eigenvalue weighted by Crippen LogP contribution is -2.22. The zero-order valence-electron chi connectivity index (χ0n) is 10.9. The van der Waals surface area contributed by atoms with Gasteiger partial charge in [0.15, 0.2) is 0 Å². The summed E-state index contributed by atoms with van der Waals surface area (Å²) in [6, 6.07) is 6.27. The minimum atomic E-state index is -0.487. The number of hydrogen-bond donors (Lipinski definition) is 0. The number of carbonyl (C=O) groups is 1. The summed E-state index contributed by atoms with van der Waals surface area (Å²) < 4.78 is 0. The Hall–Kier alpha value is -2.50. The standard InChI is InChI=1S/C13H13N3O3/c1-8-7-10(13(17)15(2)3)9-5-4-6-11(16(18)19)12(9)14-8/h4-7H,1-3H3. The minimum absolute atomic E-state index is 0.0889. The molecule has 0 N–H and O–H groups in total. The normalized spacial score (nSPS) is 10.5.